The van der Waals surface area contributed by atoms with Crippen LogP contribution in [0.5, 0.6) is 5.75 Å². The van der Waals surface area contributed by atoms with Crippen LogP contribution >= 0.6 is 0 Å². The first-order valence-corrected chi connectivity index (χ1v) is 9.47. The fourth-order valence-electron chi connectivity index (χ4n) is 4.20. The molecule has 2 saturated heterocycles. The second-order valence-electron chi connectivity index (χ2n) is 7.31. The first-order chi connectivity index (χ1) is 12.2. The van der Waals surface area contributed by atoms with Crippen molar-refractivity contribution in [2.24, 2.45) is 5.41 Å². The predicted molar refractivity (Wildman–Crippen MR) is 97.7 cm³/mol. The van der Waals surface area contributed by atoms with Gasteiger partial charge in [0.25, 0.3) is 0 Å². The van der Waals surface area contributed by atoms with Gasteiger partial charge in [-0.25, -0.2) is 0 Å². The van der Waals surface area contributed by atoms with E-state index in [1.165, 1.54) is 19.3 Å². The first kappa shape index (κ1) is 18.2. The molecule has 0 aromatic heterocycles. The largest absolute Gasteiger partial charge is 0.492 e. The summed E-state index contributed by atoms with van der Waals surface area (Å²) in [6.45, 7) is 8.75. The van der Waals surface area contributed by atoms with E-state index in [0.29, 0.717) is 18.6 Å². The van der Waals surface area contributed by atoms with E-state index < -0.39 is 0 Å². The summed E-state index contributed by atoms with van der Waals surface area (Å²) in [5.41, 5.74) is 0.345. The number of likely N-dealkylation sites (tertiary alicyclic amines) is 2. The van der Waals surface area contributed by atoms with Crippen molar-refractivity contribution >= 4 is 5.97 Å². The maximum absolute atomic E-state index is 11.7. The number of hydrogen-bond donors (Lipinski definition) is 0. The highest BCUT2D eigenvalue weighted by molar-refractivity contribution is 5.71. The molecule has 2 heterocycles. The summed E-state index contributed by atoms with van der Waals surface area (Å²) in [7, 11) is 0. The lowest BCUT2D eigenvalue weighted by atomic mass is 9.79. The Kier molecular flexibility index (Phi) is 6.32. The molecule has 2 aliphatic rings. The van der Waals surface area contributed by atoms with Crippen molar-refractivity contribution in [3.63, 3.8) is 0 Å². The average molecular weight is 346 g/mol. The maximum atomic E-state index is 11.7. The Bertz CT molecular complexity index is 551. The number of carbonyl (C=O) groups is 1. The highest BCUT2D eigenvalue weighted by atomic mass is 16.5. The fraction of sp³-hybridized carbons (Fsp3) is 0.650. The van der Waals surface area contributed by atoms with Gasteiger partial charge in [-0.1, -0.05) is 18.2 Å². The molecular formula is C20H30N2O3. The van der Waals surface area contributed by atoms with E-state index in [0.717, 1.165) is 45.1 Å². The molecule has 138 valence electrons. The van der Waals surface area contributed by atoms with Gasteiger partial charge < -0.3 is 9.47 Å². The van der Waals surface area contributed by atoms with E-state index in [1.807, 2.05) is 37.3 Å². The summed E-state index contributed by atoms with van der Waals surface area (Å²) < 4.78 is 10.9. The predicted octanol–water partition coefficient (Wildman–Crippen LogP) is 2.42. The number of hydrogen-bond acceptors (Lipinski definition) is 5. The fourth-order valence-corrected chi connectivity index (χ4v) is 4.20. The normalized spacial score (nSPS) is 24.5. The van der Waals surface area contributed by atoms with E-state index in [9.17, 15) is 4.79 Å². The lowest BCUT2D eigenvalue weighted by Gasteiger charge is -2.40. The number of piperidine rings is 1. The zero-order chi connectivity index (χ0) is 17.5. The monoisotopic (exact) mass is 346 g/mol. The van der Waals surface area contributed by atoms with Crippen molar-refractivity contribution < 1.29 is 14.3 Å². The molecule has 1 atom stereocenters. The number of esters is 1. The van der Waals surface area contributed by atoms with Crippen molar-refractivity contribution in [1.29, 1.82) is 0 Å². The average Bonchev–Trinajstić information content (AvgIpc) is 2.98. The topological polar surface area (TPSA) is 42.0 Å². The Morgan fingerprint density at radius 3 is 2.72 bits per heavy atom. The Labute approximate surface area is 150 Å². The number of ether oxygens (including phenoxy) is 2. The van der Waals surface area contributed by atoms with Crippen LogP contribution in [0.1, 0.15) is 26.2 Å². The lowest BCUT2D eigenvalue weighted by molar-refractivity contribution is -0.144. The van der Waals surface area contributed by atoms with Crippen molar-refractivity contribution in [2.45, 2.75) is 26.2 Å². The first-order valence-electron chi connectivity index (χ1n) is 9.47. The Morgan fingerprint density at radius 2 is 1.92 bits per heavy atom. The van der Waals surface area contributed by atoms with Crippen LogP contribution in [0.15, 0.2) is 30.3 Å². The summed E-state index contributed by atoms with van der Waals surface area (Å²) in [5.74, 6) is 0.846. The molecule has 1 aromatic rings. The number of benzene rings is 1. The third kappa shape index (κ3) is 5.19. The van der Waals surface area contributed by atoms with Crippen molar-refractivity contribution in [3.8, 4) is 5.75 Å². The smallest absolute Gasteiger partial charge is 0.320 e. The van der Waals surface area contributed by atoms with E-state index >= 15 is 0 Å². The highest BCUT2D eigenvalue weighted by Crippen LogP contribution is 2.38. The Hall–Kier alpha value is -1.59. The van der Waals surface area contributed by atoms with E-state index in [1.54, 1.807) is 0 Å². The summed E-state index contributed by atoms with van der Waals surface area (Å²) in [6, 6.07) is 10.0. The third-order valence-electron chi connectivity index (χ3n) is 5.34. The van der Waals surface area contributed by atoms with Gasteiger partial charge in [-0.3, -0.25) is 14.6 Å². The Morgan fingerprint density at radius 1 is 1.12 bits per heavy atom. The van der Waals surface area contributed by atoms with Crippen LogP contribution in [0.3, 0.4) is 0 Å². The van der Waals surface area contributed by atoms with Crippen LogP contribution in [0, 0.1) is 5.41 Å². The van der Waals surface area contributed by atoms with Gasteiger partial charge >= 0.3 is 5.97 Å². The minimum atomic E-state index is -0.0940. The second-order valence-corrected chi connectivity index (χ2v) is 7.31. The molecule has 0 unspecified atom stereocenters. The van der Waals surface area contributed by atoms with Gasteiger partial charge in [0.1, 0.15) is 12.4 Å². The highest BCUT2D eigenvalue weighted by Gasteiger charge is 2.41. The minimum absolute atomic E-state index is 0.0940. The summed E-state index contributed by atoms with van der Waals surface area (Å²) in [6.07, 6.45) is 3.68. The zero-order valence-corrected chi connectivity index (χ0v) is 15.3. The van der Waals surface area contributed by atoms with Gasteiger partial charge in [0.2, 0.25) is 0 Å². The van der Waals surface area contributed by atoms with Gasteiger partial charge in [0, 0.05) is 19.6 Å². The van der Waals surface area contributed by atoms with Gasteiger partial charge in [-0.2, -0.15) is 0 Å². The van der Waals surface area contributed by atoms with Gasteiger partial charge in [0.05, 0.1) is 13.2 Å². The van der Waals surface area contributed by atoms with E-state index in [2.05, 4.69) is 9.80 Å². The molecule has 0 radical (unpaired) electrons. The molecule has 0 aliphatic carbocycles. The van der Waals surface area contributed by atoms with Crippen molar-refractivity contribution in [3.05, 3.63) is 30.3 Å². The van der Waals surface area contributed by atoms with Gasteiger partial charge in [-0.05, 0) is 56.8 Å². The number of nitrogens with zero attached hydrogens (tertiary/aromatic N) is 2. The second kappa shape index (κ2) is 8.68. The van der Waals surface area contributed by atoms with Gasteiger partial charge in [-0.15, -0.1) is 0 Å². The Balaban J connectivity index is 1.44. The van der Waals surface area contributed by atoms with E-state index in [-0.39, 0.29) is 5.97 Å². The number of rotatable bonds is 7. The maximum Gasteiger partial charge on any atom is 0.320 e. The van der Waals surface area contributed by atoms with Gasteiger partial charge in [0.15, 0.2) is 0 Å². The van der Waals surface area contributed by atoms with Crippen LogP contribution in [0.2, 0.25) is 0 Å². The van der Waals surface area contributed by atoms with Crippen LogP contribution in [0.25, 0.3) is 0 Å². The molecule has 1 aromatic carbocycles. The van der Waals surface area contributed by atoms with Crippen LogP contribution < -0.4 is 4.74 Å². The van der Waals surface area contributed by atoms with Crippen molar-refractivity contribution in [2.75, 3.05) is 52.5 Å². The summed E-state index contributed by atoms with van der Waals surface area (Å²) in [4.78, 5) is 16.5. The van der Waals surface area contributed by atoms with Crippen LogP contribution in [0.4, 0.5) is 0 Å². The number of carbonyl (C=O) groups excluding carboxylic acids is 1. The molecule has 0 bridgehead atoms. The molecule has 5 heteroatoms. The molecule has 2 aliphatic heterocycles. The zero-order valence-electron chi connectivity index (χ0n) is 15.3. The summed E-state index contributed by atoms with van der Waals surface area (Å²) in [5, 5.41) is 0. The molecule has 5 nitrogen and oxygen atoms in total. The molecule has 1 spiro atoms. The SMILES string of the molecule is CCOC(=O)CN1CC[C@@]2(CCCN(CCOc3ccccc3)C2)C1. The standard InChI is InChI=1S/C20H30N2O3/c1-2-24-19(23)15-22-12-10-20(17-22)9-6-11-21(16-20)13-14-25-18-7-4-3-5-8-18/h3-5,7-8H,2,6,9-17H2,1H3/t20-/m1/s1. The van der Waals surface area contributed by atoms with Crippen molar-refractivity contribution in [1.82, 2.24) is 9.80 Å². The number of para-hydroxylation sites is 1. The lowest BCUT2D eigenvalue weighted by Crippen LogP contribution is -2.46. The molecule has 0 amide bonds. The molecule has 2 fully saturated rings. The third-order valence-corrected chi connectivity index (χ3v) is 5.34. The molecule has 3 rings (SSSR count). The molecule has 0 N–H and O–H groups in total. The molecular weight excluding hydrogens is 316 g/mol. The van der Waals surface area contributed by atoms with Crippen LogP contribution in [-0.2, 0) is 9.53 Å². The molecule has 0 saturated carbocycles. The summed E-state index contributed by atoms with van der Waals surface area (Å²) >= 11 is 0. The minimum Gasteiger partial charge on any atom is -0.492 e. The van der Waals surface area contributed by atoms with Crippen LogP contribution in [-0.4, -0.2) is 68.3 Å². The quantitative estimate of drug-likeness (QED) is 0.709. The van der Waals surface area contributed by atoms with E-state index in [4.69, 9.17) is 9.47 Å². The molecule has 25 heavy (non-hydrogen) atoms.